The lowest BCUT2D eigenvalue weighted by atomic mass is 10.2. The summed E-state index contributed by atoms with van der Waals surface area (Å²) < 4.78 is 0. The molecule has 118 valence electrons. The molecule has 6 heteroatoms. The van der Waals surface area contributed by atoms with Crippen LogP contribution in [0.4, 0.5) is 17.5 Å². The van der Waals surface area contributed by atoms with Gasteiger partial charge >= 0.3 is 0 Å². The van der Waals surface area contributed by atoms with E-state index in [4.69, 9.17) is 23.2 Å². The van der Waals surface area contributed by atoms with E-state index in [1.165, 1.54) is 12.8 Å². The van der Waals surface area contributed by atoms with Crippen molar-refractivity contribution in [2.24, 2.45) is 0 Å². The van der Waals surface area contributed by atoms with Crippen molar-refractivity contribution in [3.63, 3.8) is 0 Å². The minimum atomic E-state index is 0.557. The summed E-state index contributed by atoms with van der Waals surface area (Å²) in [6, 6.07) is 7.19. The Hall–Kier alpha value is -1.52. The highest BCUT2D eigenvalue weighted by Gasteiger charge is 2.05. The number of rotatable bonds is 7. The first-order chi connectivity index (χ1) is 10.6. The first kappa shape index (κ1) is 16.8. The Morgan fingerprint density at radius 2 is 1.91 bits per heavy atom. The van der Waals surface area contributed by atoms with Crippen LogP contribution >= 0.6 is 23.2 Å². The summed E-state index contributed by atoms with van der Waals surface area (Å²) in [5.74, 6) is 1.33. The van der Waals surface area contributed by atoms with E-state index in [9.17, 15) is 0 Å². The summed E-state index contributed by atoms with van der Waals surface area (Å²) >= 11 is 12.1. The Bertz CT molecular complexity index is 632. The van der Waals surface area contributed by atoms with Gasteiger partial charge in [0.05, 0.1) is 10.7 Å². The normalized spacial score (nSPS) is 10.5. The van der Waals surface area contributed by atoms with Crippen LogP contribution in [0.1, 0.15) is 31.9 Å². The molecule has 0 saturated carbocycles. The van der Waals surface area contributed by atoms with E-state index in [-0.39, 0.29) is 0 Å². The molecule has 0 aliphatic carbocycles. The summed E-state index contributed by atoms with van der Waals surface area (Å²) in [5.41, 5.74) is 1.65. The molecule has 0 saturated heterocycles. The van der Waals surface area contributed by atoms with E-state index in [2.05, 4.69) is 27.5 Å². The van der Waals surface area contributed by atoms with Crippen LogP contribution in [0.3, 0.4) is 0 Å². The number of unbranched alkanes of at least 4 members (excludes halogenated alkanes) is 2. The van der Waals surface area contributed by atoms with E-state index in [1.807, 2.05) is 19.1 Å². The van der Waals surface area contributed by atoms with Crippen molar-refractivity contribution in [3.05, 3.63) is 40.0 Å². The zero-order valence-corrected chi connectivity index (χ0v) is 14.3. The van der Waals surface area contributed by atoms with Crippen LogP contribution in [0.5, 0.6) is 0 Å². The summed E-state index contributed by atoms with van der Waals surface area (Å²) in [5, 5.41) is 7.62. The fraction of sp³-hybridized carbons (Fsp3) is 0.375. The van der Waals surface area contributed by atoms with E-state index >= 15 is 0 Å². The van der Waals surface area contributed by atoms with Gasteiger partial charge in [-0.3, -0.25) is 0 Å². The first-order valence-corrected chi connectivity index (χ1v) is 8.15. The molecule has 2 aromatic rings. The Balaban J connectivity index is 2.08. The first-order valence-electron chi connectivity index (χ1n) is 7.40. The van der Waals surface area contributed by atoms with Gasteiger partial charge in [-0.25, -0.2) is 4.98 Å². The Morgan fingerprint density at radius 1 is 1.09 bits per heavy atom. The second-order valence-electron chi connectivity index (χ2n) is 5.10. The zero-order valence-electron chi connectivity index (χ0n) is 12.8. The number of nitrogens with one attached hydrogen (secondary N) is 2. The summed E-state index contributed by atoms with van der Waals surface area (Å²) in [6.07, 6.45) is 3.50. The highest BCUT2D eigenvalue weighted by Crippen LogP contribution is 2.28. The second kappa shape index (κ2) is 8.20. The lowest BCUT2D eigenvalue weighted by Crippen LogP contribution is -2.07. The molecular formula is C16H20Cl2N4. The molecule has 2 N–H and O–H groups in total. The lowest BCUT2D eigenvalue weighted by Gasteiger charge is -2.11. The molecule has 0 bridgehead atoms. The van der Waals surface area contributed by atoms with Gasteiger partial charge in [-0.15, -0.1) is 0 Å². The van der Waals surface area contributed by atoms with E-state index in [1.54, 1.807) is 12.1 Å². The van der Waals surface area contributed by atoms with Gasteiger partial charge in [0.15, 0.2) is 0 Å². The molecule has 2 rings (SSSR count). The average molecular weight is 339 g/mol. The number of halogens is 2. The van der Waals surface area contributed by atoms with E-state index < -0.39 is 0 Å². The minimum absolute atomic E-state index is 0.557. The SMILES string of the molecule is CCCCCNc1nc(C)cc(Nc2ccc(Cl)cc2Cl)n1. The van der Waals surface area contributed by atoms with Crippen molar-refractivity contribution in [3.8, 4) is 0 Å². The van der Waals surface area contributed by atoms with Crippen molar-refractivity contribution in [1.29, 1.82) is 0 Å². The number of aromatic nitrogens is 2. The predicted octanol–water partition coefficient (Wildman–Crippen LogP) is 5.44. The highest BCUT2D eigenvalue weighted by atomic mass is 35.5. The number of aryl methyl sites for hydroxylation is 1. The van der Waals surface area contributed by atoms with Crippen LogP contribution < -0.4 is 10.6 Å². The van der Waals surface area contributed by atoms with Gasteiger partial charge < -0.3 is 10.6 Å². The van der Waals surface area contributed by atoms with Crippen molar-refractivity contribution in [2.45, 2.75) is 33.1 Å². The third-order valence-corrected chi connectivity index (χ3v) is 3.66. The van der Waals surface area contributed by atoms with Crippen LogP contribution in [0.15, 0.2) is 24.3 Å². The number of hydrogen-bond donors (Lipinski definition) is 2. The number of benzene rings is 1. The predicted molar refractivity (Wildman–Crippen MR) is 94.5 cm³/mol. The number of nitrogens with zero attached hydrogens (tertiary/aromatic N) is 2. The molecule has 0 unspecified atom stereocenters. The van der Waals surface area contributed by atoms with Crippen LogP contribution in [-0.4, -0.2) is 16.5 Å². The smallest absolute Gasteiger partial charge is 0.224 e. The molecule has 1 heterocycles. The molecule has 0 radical (unpaired) electrons. The molecule has 0 fully saturated rings. The maximum Gasteiger partial charge on any atom is 0.224 e. The fourth-order valence-corrected chi connectivity index (χ4v) is 2.47. The van der Waals surface area contributed by atoms with Crippen LogP contribution in [-0.2, 0) is 0 Å². The number of hydrogen-bond acceptors (Lipinski definition) is 4. The van der Waals surface area contributed by atoms with Gasteiger partial charge in [0.25, 0.3) is 0 Å². The topological polar surface area (TPSA) is 49.8 Å². The molecule has 0 amide bonds. The summed E-state index contributed by atoms with van der Waals surface area (Å²) in [6.45, 7) is 4.99. The fourth-order valence-electron chi connectivity index (χ4n) is 2.02. The van der Waals surface area contributed by atoms with Crippen molar-refractivity contribution >= 4 is 40.7 Å². The monoisotopic (exact) mass is 338 g/mol. The molecule has 0 spiro atoms. The Labute approximate surface area is 141 Å². The maximum atomic E-state index is 6.17. The van der Waals surface area contributed by atoms with Crippen molar-refractivity contribution in [1.82, 2.24) is 9.97 Å². The van der Waals surface area contributed by atoms with Crippen molar-refractivity contribution < 1.29 is 0 Å². The minimum Gasteiger partial charge on any atom is -0.354 e. The Kier molecular flexibility index (Phi) is 6.28. The molecule has 22 heavy (non-hydrogen) atoms. The van der Waals surface area contributed by atoms with Gasteiger partial charge in [-0.05, 0) is 31.5 Å². The van der Waals surface area contributed by atoms with Gasteiger partial charge in [-0.2, -0.15) is 4.98 Å². The molecule has 0 aliphatic rings. The zero-order chi connectivity index (χ0) is 15.9. The summed E-state index contributed by atoms with van der Waals surface area (Å²) in [7, 11) is 0. The second-order valence-corrected chi connectivity index (χ2v) is 5.94. The van der Waals surface area contributed by atoms with Gasteiger partial charge in [0, 0.05) is 23.3 Å². The molecule has 1 aromatic heterocycles. The van der Waals surface area contributed by atoms with Crippen LogP contribution in [0, 0.1) is 6.92 Å². The number of anilines is 3. The van der Waals surface area contributed by atoms with Gasteiger partial charge in [-0.1, -0.05) is 43.0 Å². The van der Waals surface area contributed by atoms with E-state index in [0.29, 0.717) is 21.8 Å². The highest BCUT2D eigenvalue weighted by molar-refractivity contribution is 6.36. The van der Waals surface area contributed by atoms with Gasteiger partial charge in [0.1, 0.15) is 5.82 Å². The maximum absolute atomic E-state index is 6.17. The quantitative estimate of drug-likeness (QED) is 0.660. The molecular weight excluding hydrogens is 319 g/mol. The van der Waals surface area contributed by atoms with Gasteiger partial charge in [0.2, 0.25) is 5.95 Å². The third kappa shape index (κ3) is 5.04. The largest absolute Gasteiger partial charge is 0.354 e. The average Bonchev–Trinajstić information content (AvgIpc) is 2.46. The summed E-state index contributed by atoms with van der Waals surface area (Å²) in [4.78, 5) is 8.86. The molecule has 1 aromatic carbocycles. The molecule has 4 nitrogen and oxygen atoms in total. The molecule has 0 aliphatic heterocycles. The Morgan fingerprint density at radius 3 is 2.64 bits per heavy atom. The van der Waals surface area contributed by atoms with E-state index in [0.717, 1.165) is 24.3 Å². The third-order valence-electron chi connectivity index (χ3n) is 3.11. The molecule has 0 atom stereocenters. The lowest BCUT2D eigenvalue weighted by molar-refractivity contribution is 0.740. The van der Waals surface area contributed by atoms with Crippen LogP contribution in [0.2, 0.25) is 10.0 Å². The van der Waals surface area contributed by atoms with Crippen molar-refractivity contribution in [2.75, 3.05) is 17.2 Å². The standard InChI is InChI=1S/C16H20Cl2N4/c1-3-4-5-8-19-16-20-11(2)9-15(22-16)21-14-7-6-12(17)10-13(14)18/h6-7,9-10H,3-5,8H2,1-2H3,(H2,19,20,21,22). The van der Waals surface area contributed by atoms with Crippen LogP contribution in [0.25, 0.3) is 0 Å².